The zero-order valence-corrected chi connectivity index (χ0v) is 12.8. The third kappa shape index (κ3) is 3.95. The zero-order valence-electron chi connectivity index (χ0n) is 12.0. The first-order valence-corrected chi connectivity index (χ1v) is 7.30. The molecule has 20 heavy (non-hydrogen) atoms. The molecule has 2 aromatic rings. The number of nitrogens with two attached hydrogens (primary N) is 1. The molecule has 0 aliphatic heterocycles. The van der Waals surface area contributed by atoms with Crippen molar-refractivity contribution >= 4 is 17.6 Å². The minimum atomic E-state index is 0.366. The average molecular weight is 289 g/mol. The molecule has 0 bridgehead atoms. The van der Waals surface area contributed by atoms with E-state index in [1.807, 2.05) is 0 Å². The van der Waals surface area contributed by atoms with Crippen molar-refractivity contribution in [3.05, 3.63) is 41.7 Å². The third-order valence-electron chi connectivity index (χ3n) is 2.81. The Morgan fingerprint density at radius 3 is 2.50 bits per heavy atom. The lowest BCUT2D eigenvalue weighted by molar-refractivity contribution is 0.177. The molecule has 0 spiro atoms. The lowest BCUT2D eigenvalue weighted by atomic mass is 10.0. The Labute approximate surface area is 123 Å². The van der Waals surface area contributed by atoms with E-state index >= 15 is 0 Å². The second kappa shape index (κ2) is 6.72. The summed E-state index contributed by atoms with van der Waals surface area (Å²) in [5, 5.41) is 0.835. The van der Waals surface area contributed by atoms with Gasteiger partial charge in [0.15, 0.2) is 5.82 Å². The average Bonchev–Trinajstić information content (AvgIpc) is 2.39. The molecule has 1 aromatic heterocycles. The van der Waals surface area contributed by atoms with Gasteiger partial charge in [0.25, 0.3) is 0 Å². The van der Waals surface area contributed by atoms with Gasteiger partial charge in [0, 0.05) is 18.1 Å². The smallest absolute Gasteiger partial charge is 0.157 e. The molecule has 1 aromatic carbocycles. The van der Waals surface area contributed by atoms with Crippen LogP contribution in [0, 0.1) is 0 Å². The van der Waals surface area contributed by atoms with Gasteiger partial charge in [-0.1, -0.05) is 37.7 Å². The highest BCUT2D eigenvalue weighted by Gasteiger charge is 2.05. The SMILES string of the molecule is COCc1nc(N)cc(Sc2ccc(C(C)C)cc2)n1. The van der Waals surface area contributed by atoms with E-state index in [9.17, 15) is 0 Å². The number of hydrogen-bond donors (Lipinski definition) is 1. The molecule has 2 N–H and O–H groups in total. The fraction of sp³-hybridized carbons (Fsp3) is 0.333. The maximum atomic E-state index is 5.79. The van der Waals surface area contributed by atoms with Gasteiger partial charge in [-0.3, -0.25) is 0 Å². The Morgan fingerprint density at radius 2 is 1.90 bits per heavy atom. The standard InChI is InChI=1S/C15H19N3OS/c1-10(2)11-4-6-12(7-5-11)20-15-8-13(16)17-14(18-15)9-19-3/h4-8,10H,9H2,1-3H3,(H2,16,17,18). The van der Waals surface area contributed by atoms with Crippen LogP contribution in [0.3, 0.4) is 0 Å². The predicted octanol–water partition coefficient (Wildman–Crippen LogP) is 3.48. The summed E-state index contributed by atoms with van der Waals surface area (Å²) in [6.07, 6.45) is 0. The number of nitrogens with zero attached hydrogens (tertiary/aromatic N) is 2. The molecule has 0 aliphatic rings. The fourth-order valence-electron chi connectivity index (χ4n) is 1.78. The van der Waals surface area contributed by atoms with Crippen LogP contribution in [0.4, 0.5) is 5.82 Å². The Morgan fingerprint density at radius 1 is 1.20 bits per heavy atom. The molecule has 0 saturated carbocycles. The maximum Gasteiger partial charge on any atom is 0.157 e. The van der Waals surface area contributed by atoms with Crippen LogP contribution in [0.1, 0.15) is 31.2 Å². The number of rotatable bonds is 5. The first-order valence-electron chi connectivity index (χ1n) is 6.48. The molecule has 106 valence electrons. The van der Waals surface area contributed by atoms with Crippen molar-refractivity contribution in [2.45, 2.75) is 36.3 Å². The largest absolute Gasteiger partial charge is 0.384 e. The molecule has 0 fully saturated rings. The van der Waals surface area contributed by atoms with Crippen molar-refractivity contribution in [2.75, 3.05) is 12.8 Å². The van der Waals surface area contributed by atoms with Crippen LogP contribution in [-0.2, 0) is 11.3 Å². The summed E-state index contributed by atoms with van der Waals surface area (Å²) in [4.78, 5) is 9.69. The fourth-order valence-corrected chi connectivity index (χ4v) is 2.62. The molecule has 2 rings (SSSR count). The van der Waals surface area contributed by atoms with Gasteiger partial charge in [-0.05, 0) is 23.6 Å². The molecule has 0 aliphatic carbocycles. The lowest BCUT2D eigenvalue weighted by Gasteiger charge is -2.07. The molecular formula is C15H19N3OS. The summed E-state index contributed by atoms with van der Waals surface area (Å²) in [6.45, 7) is 4.74. The normalized spacial score (nSPS) is 11.0. The van der Waals surface area contributed by atoms with E-state index in [0.717, 1.165) is 9.92 Å². The molecular weight excluding hydrogens is 270 g/mol. The topological polar surface area (TPSA) is 61.0 Å². The van der Waals surface area contributed by atoms with Crippen molar-refractivity contribution in [3.8, 4) is 0 Å². The maximum absolute atomic E-state index is 5.79. The van der Waals surface area contributed by atoms with Gasteiger partial charge in [0.1, 0.15) is 17.5 Å². The van der Waals surface area contributed by atoms with Crippen molar-refractivity contribution in [1.29, 1.82) is 0 Å². The molecule has 0 atom stereocenters. The van der Waals surface area contributed by atoms with Crippen molar-refractivity contribution in [3.63, 3.8) is 0 Å². The van der Waals surface area contributed by atoms with Gasteiger partial charge in [-0.2, -0.15) is 0 Å². The van der Waals surface area contributed by atoms with Crippen LogP contribution in [0.25, 0.3) is 0 Å². The quantitative estimate of drug-likeness (QED) is 0.854. The number of nitrogen functional groups attached to an aromatic ring is 1. The summed E-state index contributed by atoms with van der Waals surface area (Å²) in [5.74, 6) is 1.61. The van der Waals surface area contributed by atoms with Gasteiger partial charge >= 0.3 is 0 Å². The first kappa shape index (κ1) is 14.8. The molecule has 0 unspecified atom stereocenters. The Balaban J connectivity index is 2.16. The number of benzene rings is 1. The van der Waals surface area contributed by atoms with Crippen LogP contribution in [0.2, 0.25) is 0 Å². The van der Waals surface area contributed by atoms with Gasteiger partial charge in [-0.15, -0.1) is 0 Å². The van der Waals surface area contributed by atoms with Crippen molar-refractivity contribution in [2.24, 2.45) is 0 Å². The van der Waals surface area contributed by atoms with Crippen LogP contribution < -0.4 is 5.73 Å². The molecule has 0 saturated heterocycles. The lowest BCUT2D eigenvalue weighted by Crippen LogP contribution is -2.01. The number of aromatic nitrogens is 2. The van der Waals surface area contributed by atoms with E-state index in [1.165, 1.54) is 5.56 Å². The van der Waals surface area contributed by atoms with E-state index in [-0.39, 0.29) is 0 Å². The zero-order chi connectivity index (χ0) is 14.5. The van der Waals surface area contributed by atoms with E-state index in [1.54, 1.807) is 24.9 Å². The van der Waals surface area contributed by atoms with E-state index in [2.05, 4.69) is 48.1 Å². The van der Waals surface area contributed by atoms with E-state index in [4.69, 9.17) is 10.5 Å². The molecule has 0 amide bonds. The molecule has 1 heterocycles. The summed E-state index contributed by atoms with van der Waals surface area (Å²) >= 11 is 1.58. The minimum absolute atomic E-state index is 0.366. The van der Waals surface area contributed by atoms with Crippen LogP contribution >= 0.6 is 11.8 Å². The highest BCUT2D eigenvalue weighted by atomic mass is 32.2. The van der Waals surface area contributed by atoms with Crippen LogP contribution in [0.5, 0.6) is 0 Å². The van der Waals surface area contributed by atoms with E-state index in [0.29, 0.717) is 24.2 Å². The second-order valence-corrected chi connectivity index (χ2v) is 5.90. The second-order valence-electron chi connectivity index (χ2n) is 4.81. The summed E-state index contributed by atoms with van der Waals surface area (Å²) in [7, 11) is 1.62. The highest BCUT2D eigenvalue weighted by Crippen LogP contribution is 2.28. The number of anilines is 1. The van der Waals surface area contributed by atoms with Crippen molar-refractivity contribution in [1.82, 2.24) is 9.97 Å². The molecule has 0 radical (unpaired) electrons. The summed E-state index contributed by atoms with van der Waals surface area (Å²) in [5.41, 5.74) is 7.12. The predicted molar refractivity (Wildman–Crippen MR) is 81.8 cm³/mol. The Kier molecular flexibility index (Phi) is 4.98. The molecule has 5 heteroatoms. The minimum Gasteiger partial charge on any atom is -0.384 e. The third-order valence-corrected chi connectivity index (χ3v) is 3.74. The van der Waals surface area contributed by atoms with Gasteiger partial charge in [0.2, 0.25) is 0 Å². The van der Waals surface area contributed by atoms with E-state index < -0.39 is 0 Å². The first-order chi connectivity index (χ1) is 9.58. The van der Waals surface area contributed by atoms with Crippen molar-refractivity contribution < 1.29 is 4.74 Å². The summed E-state index contributed by atoms with van der Waals surface area (Å²) < 4.78 is 5.04. The monoisotopic (exact) mass is 289 g/mol. The number of hydrogen-bond acceptors (Lipinski definition) is 5. The highest BCUT2D eigenvalue weighted by molar-refractivity contribution is 7.99. The van der Waals surface area contributed by atoms with Crippen LogP contribution in [0.15, 0.2) is 40.3 Å². The van der Waals surface area contributed by atoms with Crippen LogP contribution in [-0.4, -0.2) is 17.1 Å². The molecule has 4 nitrogen and oxygen atoms in total. The van der Waals surface area contributed by atoms with Gasteiger partial charge in [0.05, 0.1) is 0 Å². The number of methoxy groups -OCH3 is 1. The summed E-state index contributed by atoms with van der Waals surface area (Å²) in [6, 6.07) is 10.3. The Bertz CT molecular complexity index is 570. The Hall–Kier alpha value is -1.59. The van der Waals surface area contributed by atoms with Gasteiger partial charge < -0.3 is 10.5 Å². The number of ether oxygens (including phenoxy) is 1. The van der Waals surface area contributed by atoms with Gasteiger partial charge in [-0.25, -0.2) is 9.97 Å².